The first-order valence-corrected chi connectivity index (χ1v) is 8.71. The molecule has 26 heavy (non-hydrogen) atoms. The van der Waals surface area contributed by atoms with Crippen molar-refractivity contribution in [3.63, 3.8) is 0 Å². The average molecular weight is 348 g/mol. The highest BCUT2D eigenvalue weighted by molar-refractivity contribution is 5.83. The Bertz CT molecular complexity index is 842. The lowest BCUT2D eigenvalue weighted by atomic mass is 10.0. The van der Waals surface area contributed by atoms with Gasteiger partial charge in [0.15, 0.2) is 0 Å². The first-order chi connectivity index (χ1) is 12.7. The summed E-state index contributed by atoms with van der Waals surface area (Å²) in [7, 11) is 1.65. The summed E-state index contributed by atoms with van der Waals surface area (Å²) in [6, 6.07) is 13.6. The number of nitrogens with zero attached hydrogens (tertiary/aromatic N) is 4. The van der Waals surface area contributed by atoms with E-state index < -0.39 is 0 Å². The van der Waals surface area contributed by atoms with Crippen LogP contribution in [0, 0.1) is 23.2 Å². The summed E-state index contributed by atoms with van der Waals surface area (Å²) in [6.07, 6.45) is 1.58. The fourth-order valence-corrected chi connectivity index (χ4v) is 3.86. The molecule has 2 fully saturated rings. The molecule has 6 heteroatoms. The van der Waals surface area contributed by atoms with Crippen LogP contribution in [0.5, 0.6) is 5.75 Å². The molecule has 0 saturated carbocycles. The molecule has 4 rings (SSSR count). The molecule has 0 aliphatic carbocycles. The van der Waals surface area contributed by atoms with E-state index in [1.165, 1.54) is 0 Å². The molecule has 1 amide bonds. The zero-order valence-corrected chi connectivity index (χ0v) is 14.6. The number of amides is 1. The van der Waals surface area contributed by atoms with Gasteiger partial charge in [-0.3, -0.25) is 4.79 Å². The summed E-state index contributed by atoms with van der Waals surface area (Å²) in [5.41, 5.74) is 1.67. The van der Waals surface area contributed by atoms with Crippen molar-refractivity contribution in [2.24, 2.45) is 11.8 Å². The number of ether oxygens (including phenoxy) is 1. The van der Waals surface area contributed by atoms with Gasteiger partial charge in [-0.25, -0.2) is 4.98 Å². The number of fused-ring (bicyclic) bond motifs is 1. The molecule has 0 N–H and O–H groups in total. The van der Waals surface area contributed by atoms with Gasteiger partial charge in [-0.05, 0) is 29.8 Å². The van der Waals surface area contributed by atoms with Crippen molar-refractivity contribution in [3.05, 3.63) is 53.7 Å². The summed E-state index contributed by atoms with van der Waals surface area (Å²) in [4.78, 5) is 21.3. The molecule has 1 aromatic carbocycles. The number of anilines is 1. The number of hydrogen-bond donors (Lipinski definition) is 0. The van der Waals surface area contributed by atoms with E-state index in [1.807, 2.05) is 35.2 Å². The van der Waals surface area contributed by atoms with E-state index in [-0.39, 0.29) is 11.8 Å². The predicted octanol–water partition coefficient (Wildman–Crippen LogP) is 2.06. The normalized spacial score (nSPS) is 21.6. The lowest BCUT2D eigenvalue weighted by molar-refractivity contribution is -0.131. The van der Waals surface area contributed by atoms with E-state index in [9.17, 15) is 4.79 Å². The van der Waals surface area contributed by atoms with Crippen LogP contribution in [-0.2, 0) is 11.3 Å². The van der Waals surface area contributed by atoms with Crippen molar-refractivity contribution in [3.8, 4) is 11.8 Å². The van der Waals surface area contributed by atoms with Gasteiger partial charge in [-0.1, -0.05) is 12.1 Å². The number of methoxy groups -OCH3 is 1. The van der Waals surface area contributed by atoms with Crippen LogP contribution in [0.2, 0.25) is 0 Å². The van der Waals surface area contributed by atoms with Gasteiger partial charge in [0, 0.05) is 38.3 Å². The Morgan fingerprint density at radius 1 is 1.19 bits per heavy atom. The molecule has 2 aliphatic heterocycles. The first kappa shape index (κ1) is 16.4. The maximum Gasteiger partial charge on any atom is 0.228 e. The van der Waals surface area contributed by atoms with Crippen LogP contribution in [0.15, 0.2) is 42.6 Å². The largest absolute Gasteiger partial charge is 0.497 e. The lowest BCUT2D eigenvalue weighted by Gasteiger charge is -2.22. The second-order valence-electron chi connectivity index (χ2n) is 6.86. The summed E-state index contributed by atoms with van der Waals surface area (Å²) < 4.78 is 5.18. The second-order valence-corrected chi connectivity index (χ2v) is 6.86. The van der Waals surface area contributed by atoms with Crippen LogP contribution in [0.3, 0.4) is 0 Å². The standard InChI is InChI=1S/C20H20N4O2/c1-26-17-5-2-14(3-6-17)10-24-12-16-11-23(13-18(16)20(24)25)19-7-4-15(8-21)9-22-19/h2-7,9,16,18H,10-13H2,1H3/t16-,18-/m1/s1. The SMILES string of the molecule is COc1ccc(CN2C[C@H]3CN(c4ccc(C#N)cn4)C[C@H]3C2=O)cc1. The molecule has 2 aromatic rings. The zero-order valence-electron chi connectivity index (χ0n) is 14.6. The third-order valence-corrected chi connectivity index (χ3v) is 5.26. The minimum atomic E-state index is 0.0330. The van der Waals surface area contributed by atoms with Crippen molar-refractivity contribution in [2.75, 3.05) is 31.6 Å². The molecular weight excluding hydrogens is 328 g/mol. The van der Waals surface area contributed by atoms with E-state index in [2.05, 4.69) is 16.0 Å². The Balaban J connectivity index is 1.40. The molecule has 0 bridgehead atoms. The molecule has 6 nitrogen and oxygen atoms in total. The van der Waals surface area contributed by atoms with Gasteiger partial charge < -0.3 is 14.5 Å². The van der Waals surface area contributed by atoms with Gasteiger partial charge in [0.25, 0.3) is 0 Å². The monoisotopic (exact) mass is 348 g/mol. The van der Waals surface area contributed by atoms with Gasteiger partial charge in [-0.15, -0.1) is 0 Å². The Morgan fingerprint density at radius 2 is 2.00 bits per heavy atom. The highest BCUT2D eigenvalue weighted by atomic mass is 16.5. The topological polar surface area (TPSA) is 69.5 Å². The molecule has 0 radical (unpaired) electrons. The maximum atomic E-state index is 12.8. The van der Waals surface area contributed by atoms with E-state index in [4.69, 9.17) is 10.00 Å². The van der Waals surface area contributed by atoms with Crippen molar-refractivity contribution < 1.29 is 9.53 Å². The first-order valence-electron chi connectivity index (χ1n) is 8.71. The van der Waals surface area contributed by atoms with Crippen molar-refractivity contribution in [1.82, 2.24) is 9.88 Å². The number of hydrogen-bond acceptors (Lipinski definition) is 5. The Morgan fingerprint density at radius 3 is 2.62 bits per heavy atom. The smallest absolute Gasteiger partial charge is 0.228 e. The van der Waals surface area contributed by atoms with Gasteiger partial charge in [0.1, 0.15) is 17.6 Å². The van der Waals surface area contributed by atoms with E-state index in [1.54, 1.807) is 19.4 Å². The molecule has 132 valence electrons. The number of aromatic nitrogens is 1. The number of carbonyl (C=O) groups is 1. The number of carbonyl (C=O) groups excluding carboxylic acids is 1. The molecule has 2 aliphatic rings. The number of rotatable bonds is 4. The van der Waals surface area contributed by atoms with Gasteiger partial charge in [-0.2, -0.15) is 5.26 Å². The third kappa shape index (κ3) is 2.97. The van der Waals surface area contributed by atoms with Crippen molar-refractivity contribution >= 4 is 11.7 Å². The maximum absolute atomic E-state index is 12.8. The number of likely N-dealkylation sites (tertiary alicyclic amines) is 1. The van der Waals surface area contributed by atoms with E-state index in [0.717, 1.165) is 30.2 Å². The fraction of sp³-hybridized carbons (Fsp3) is 0.350. The highest BCUT2D eigenvalue weighted by Crippen LogP contribution is 2.35. The summed E-state index contributed by atoms with van der Waals surface area (Å²) in [5, 5.41) is 8.88. The summed E-state index contributed by atoms with van der Waals surface area (Å²) >= 11 is 0. The predicted molar refractivity (Wildman–Crippen MR) is 96.6 cm³/mol. The summed E-state index contributed by atoms with van der Waals surface area (Å²) in [6.45, 7) is 2.95. The molecular formula is C20H20N4O2. The molecule has 0 spiro atoms. The second kappa shape index (κ2) is 6.68. The van der Waals surface area contributed by atoms with Crippen molar-refractivity contribution in [1.29, 1.82) is 5.26 Å². The highest BCUT2D eigenvalue weighted by Gasteiger charge is 2.46. The molecule has 2 atom stereocenters. The van der Waals surface area contributed by atoms with E-state index in [0.29, 0.717) is 24.6 Å². The number of nitriles is 1. The Hall–Kier alpha value is -3.07. The minimum Gasteiger partial charge on any atom is -0.497 e. The van der Waals surface area contributed by atoms with Crippen LogP contribution < -0.4 is 9.64 Å². The van der Waals surface area contributed by atoms with Gasteiger partial charge in [0.05, 0.1) is 18.6 Å². The van der Waals surface area contributed by atoms with Gasteiger partial charge >= 0.3 is 0 Å². The third-order valence-electron chi connectivity index (χ3n) is 5.26. The van der Waals surface area contributed by atoms with E-state index >= 15 is 0 Å². The van der Waals surface area contributed by atoms with Crippen LogP contribution in [0.4, 0.5) is 5.82 Å². The van der Waals surface area contributed by atoms with Crippen LogP contribution in [-0.4, -0.2) is 42.5 Å². The molecule has 0 unspecified atom stereocenters. The zero-order chi connectivity index (χ0) is 18.1. The fourth-order valence-electron chi connectivity index (χ4n) is 3.86. The van der Waals surface area contributed by atoms with Crippen molar-refractivity contribution in [2.45, 2.75) is 6.54 Å². The number of pyridine rings is 1. The molecule has 2 saturated heterocycles. The summed E-state index contributed by atoms with van der Waals surface area (Å²) in [5.74, 6) is 2.25. The molecule has 3 heterocycles. The minimum absolute atomic E-state index is 0.0330. The lowest BCUT2D eigenvalue weighted by Crippen LogP contribution is -2.32. The quantitative estimate of drug-likeness (QED) is 0.846. The molecule has 1 aromatic heterocycles. The van der Waals surface area contributed by atoms with Gasteiger partial charge in [0.2, 0.25) is 5.91 Å². The Kier molecular flexibility index (Phi) is 4.21. The van der Waals surface area contributed by atoms with Crippen LogP contribution in [0.25, 0.3) is 0 Å². The average Bonchev–Trinajstić information content (AvgIpc) is 3.22. The number of benzene rings is 1. The Labute approximate surface area is 152 Å². The van der Waals surface area contributed by atoms with Crippen LogP contribution in [0.1, 0.15) is 11.1 Å². The van der Waals surface area contributed by atoms with Crippen LogP contribution >= 0.6 is 0 Å².